The Balaban J connectivity index is 1.45. The average molecular weight is 1030 g/mol. The number of hydrogen-bond acceptors (Lipinski definition) is 13. The maximum absolute atomic E-state index is 14.5. The van der Waals surface area contributed by atoms with Gasteiger partial charge in [-0.05, 0) is 70.4 Å². The number of ether oxygens (including phenoxy) is 2. The molecule has 0 spiro atoms. The van der Waals surface area contributed by atoms with Crippen LogP contribution in [0.25, 0.3) is 0 Å². The van der Waals surface area contributed by atoms with E-state index in [1.807, 2.05) is 55.4 Å². The fourth-order valence-electron chi connectivity index (χ4n) is 9.73. The molecule has 2 aromatic rings. The number of likely N-dealkylation sites (N-methyl/N-ethyl adjacent to an activating group) is 1. The standard InChI is InChI=1S/C50H80N10O11S/c1-13-34(8)45(56(10)49(66)44(31(2)3)52-50(67)60(32(4)5)33(6)7)40(70-11)28-43(63)58-25-17-21-39(58)46(71-12)35(9)47(64)51-38(27-36-19-15-14-16-20-36)48(65)54-72(68,69)26-18-24-57-29-37(53-55-57)30-59-41(61)22-23-42(59)62/h14-16,19-20,22-23,29,31-35,38-41,44-46,61H,13,17-18,21,24-28,30H2,1-12H3,(H,51,64)(H,52,67)(H,54,65)/t34-,35+,38-,39-,40+,41?,44-,45-,46+/m0/s1. The minimum atomic E-state index is -4.21. The molecule has 0 saturated carbocycles. The Labute approximate surface area is 425 Å². The third kappa shape index (κ3) is 15.8. The van der Waals surface area contributed by atoms with E-state index in [9.17, 15) is 42.3 Å². The van der Waals surface area contributed by atoms with Gasteiger partial charge in [0.25, 0.3) is 5.91 Å². The summed E-state index contributed by atoms with van der Waals surface area (Å²) in [6.07, 6.45) is 3.28. The van der Waals surface area contributed by atoms with Gasteiger partial charge in [0, 0.05) is 58.9 Å². The Morgan fingerprint density at radius 1 is 0.944 bits per heavy atom. The van der Waals surface area contributed by atoms with E-state index in [-0.39, 0.29) is 80.0 Å². The van der Waals surface area contributed by atoms with Gasteiger partial charge in [-0.1, -0.05) is 76.6 Å². The van der Waals surface area contributed by atoms with Gasteiger partial charge in [-0.15, -0.1) is 5.10 Å². The molecule has 0 aliphatic carbocycles. The van der Waals surface area contributed by atoms with Crippen LogP contribution in [0.3, 0.4) is 0 Å². The number of carbonyl (C=O) groups excluding carboxylic acids is 6. The van der Waals surface area contributed by atoms with Crippen LogP contribution in [0.5, 0.6) is 0 Å². The first-order valence-corrected chi connectivity index (χ1v) is 26.7. The highest BCUT2D eigenvalue weighted by Gasteiger charge is 2.44. The number of benzene rings is 1. The molecule has 22 heteroatoms. The number of rotatable bonds is 27. The van der Waals surface area contributed by atoms with Gasteiger partial charge in [0.15, 0.2) is 0 Å². The molecule has 1 unspecified atom stereocenters. The number of nitrogens with zero attached hydrogens (tertiary/aromatic N) is 7. The number of sulfonamides is 1. The summed E-state index contributed by atoms with van der Waals surface area (Å²) in [7, 11) is 0.445. The Bertz CT molecular complexity index is 2270. The van der Waals surface area contributed by atoms with Crippen molar-refractivity contribution in [3.05, 3.63) is 59.9 Å². The smallest absolute Gasteiger partial charge is 0.318 e. The van der Waals surface area contributed by atoms with Crippen molar-refractivity contribution < 1.29 is 51.8 Å². The molecule has 2 aliphatic heterocycles. The SMILES string of the molecule is CC[C@H](C)[C@@H]([C@@H](CC(=O)N1CCC[C@H]1[C@H](OC)[C@@H](C)C(=O)N[C@@H](Cc1ccccc1)C(=O)NS(=O)(=O)CCCn1cc(CN2C(=O)C=CC2O)nn1)OC)N(C)C(=O)[C@@H](NC(=O)N(C(C)C)C(C)C)C(C)C. The van der Waals surface area contributed by atoms with E-state index in [0.29, 0.717) is 37.1 Å². The van der Waals surface area contributed by atoms with Crippen LogP contribution in [0.15, 0.2) is 48.7 Å². The van der Waals surface area contributed by atoms with Gasteiger partial charge in [-0.3, -0.25) is 33.4 Å². The van der Waals surface area contributed by atoms with Crippen molar-refractivity contribution in [2.45, 2.75) is 169 Å². The largest absolute Gasteiger partial charge is 0.379 e. The number of aryl methyl sites for hydroxylation is 1. The zero-order chi connectivity index (χ0) is 53.6. The van der Waals surface area contributed by atoms with Crippen LogP contribution >= 0.6 is 0 Å². The first kappa shape index (κ1) is 59.1. The van der Waals surface area contributed by atoms with Crippen molar-refractivity contribution >= 4 is 45.6 Å². The van der Waals surface area contributed by atoms with Gasteiger partial charge in [-0.25, -0.2) is 13.2 Å². The van der Waals surface area contributed by atoms with Crippen molar-refractivity contribution in [3.63, 3.8) is 0 Å². The highest BCUT2D eigenvalue weighted by molar-refractivity contribution is 7.90. The highest BCUT2D eigenvalue weighted by Crippen LogP contribution is 2.30. The topological polar surface area (TPSA) is 255 Å². The molecule has 7 amide bonds. The third-order valence-electron chi connectivity index (χ3n) is 13.7. The van der Waals surface area contributed by atoms with E-state index in [1.54, 1.807) is 59.0 Å². The second-order valence-corrected chi connectivity index (χ2v) is 21.8. The van der Waals surface area contributed by atoms with Gasteiger partial charge >= 0.3 is 6.03 Å². The predicted octanol–water partition coefficient (Wildman–Crippen LogP) is 2.83. The summed E-state index contributed by atoms with van der Waals surface area (Å²) < 4.78 is 42.2. The Kier molecular flexibility index (Phi) is 22.2. The summed E-state index contributed by atoms with van der Waals surface area (Å²) in [5.74, 6) is -4.16. The molecule has 3 heterocycles. The lowest BCUT2D eigenvalue weighted by Gasteiger charge is -2.41. The summed E-state index contributed by atoms with van der Waals surface area (Å²) in [6, 6.07) is 5.09. The van der Waals surface area contributed by atoms with E-state index >= 15 is 0 Å². The molecule has 72 heavy (non-hydrogen) atoms. The van der Waals surface area contributed by atoms with E-state index < -0.39 is 76.1 Å². The number of aromatic nitrogens is 3. The molecule has 21 nitrogen and oxygen atoms in total. The molecule has 1 saturated heterocycles. The summed E-state index contributed by atoms with van der Waals surface area (Å²) in [5, 5.41) is 23.7. The summed E-state index contributed by atoms with van der Waals surface area (Å²) in [5.41, 5.74) is 1.06. The molecule has 1 fully saturated rings. The van der Waals surface area contributed by atoms with Crippen LogP contribution in [-0.2, 0) is 63.0 Å². The lowest BCUT2D eigenvalue weighted by molar-refractivity contribution is -0.147. The number of nitrogens with one attached hydrogen (secondary N) is 3. The molecule has 4 rings (SSSR count). The van der Waals surface area contributed by atoms with Gasteiger partial charge in [-0.2, -0.15) is 0 Å². The first-order chi connectivity index (χ1) is 33.9. The van der Waals surface area contributed by atoms with Crippen LogP contribution in [-0.4, -0.2) is 172 Å². The van der Waals surface area contributed by atoms with Crippen LogP contribution in [0.2, 0.25) is 0 Å². The number of aliphatic hydroxyl groups is 1. The lowest BCUT2D eigenvalue weighted by Crippen LogP contribution is -2.60. The number of urea groups is 1. The maximum atomic E-state index is 14.5. The van der Waals surface area contributed by atoms with E-state index in [0.717, 1.165) is 0 Å². The molecule has 4 N–H and O–H groups in total. The molecule has 2 aliphatic rings. The second-order valence-electron chi connectivity index (χ2n) is 20.0. The molecule has 1 aromatic heterocycles. The second kappa shape index (κ2) is 27.0. The first-order valence-electron chi connectivity index (χ1n) is 25.1. The van der Waals surface area contributed by atoms with E-state index in [2.05, 4.69) is 25.7 Å². The van der Waals surface area contributed by atoms with Crippen LogP contribution in [0.1, 0.15) is 106 Å². The molecule has 0 bridgehead atoms. The lowest BCUT2D eigenvalue weighted by atomic mass is 9.89. The average Bonchev–Trinajstić information content (AvgIpc) is 4.07. The zero-order valence-corrected chi connectivity index (χ0v) is 45.0. The summed E-state index contributed by atoms with van der Waals surface area (Å²) in [4.78, 5) is 88.5. The molecular formula is C50H80N10O11S. The van der Waals surface area contributed by atoms with Gasteiger partial charge in [0.05, 0.1) is 55.1 Å². The van der Waals surface area contributed by atoms with Crippen molar-refractivity contribution in [2.75, 3.05) is 33.6 Å². The van der Waals surface area contributed by atoms with Crippen molar-refractivity contribution in [3.8, 4) is 0 Å². The van der Waals surface area contributed by atoms with Crippen molar-refractivity contribution in [2.24, 2.45) is 17.8 Å². The van der Waals surface area contributed by atoms with E-state index in [4.69, 9.17) is 9.47 Å². The minimum Gasteiger partial charge on any atom is -0.379 e. The number of aliphatic hydroxyl groups excluding tert-OH is 1. The number of methoxy groups -OCH3 is 2. The van der Waals surface area contributed by atoms with Crippen LogP contribution in [0, 0.1) is 17.8 Å². The third-order valence-corrected chi connectivity index (χ3v) is 15.1. The Morgan fingerprint density at radius 2 is 1.61 bits per heavy atom. The zero-order valence-electron chi connectivity index (χ0n) is 44.2. The quantitative estimate of drug-likeness (QED) is 0.101. The molecule has 0 radical (unpaired) electrons. The summed E-state index contributed by atoms with van der Waals surface area (Å²) >= 11 is 0. The predicted molar refractivity (Wildman–Crippen MR) is 270 cm³/mol. The molecule has 9 atom stereocenters. The number of carbonyl (C=O) groups is 6. The number of amides is 7. The van der Waals surface area contributed by atoms with Crippen LogP contribution in [0.4, 0.5) is 4.79 Å². The Hall–Kier alpha value is -5.45. The van der Waals surface area contributed by atoms with Gasteiger partial charge in [0.1, 0.15) is 24.0 Å². The fraction of sp³-hybridized carbons (Fsp3) is 0.680. The van der Waals surface area contributed by atoms with Crippen molar-refractivity contribution in [1.29, 1.82) is 0 Å². The van der Waals surface area contributed by atoms with Gasteiger partial charge < -0.3 is 44.8 Å². The van der Waals surface area contributed by atoms with E-state index in [1.165, 1.54) is 42.2 Å². The molecule has 402 valence electrons. The van der Waals surface area contributed by atoms with Gasteiger partial charge in [0.2, 0.25) is 33.7 Å². The molecule has 1 aromatic carbocycles. The normalized spacial score (nSPS) is 19.0. The number of likely N-dealkylation sites (tertiary alicyclic amines) is 1. The monoisotopic (exact) mass is 1030 g/mol. The molecular weight excluding hydrogens is 949 g/mol. The van der Waals surface area contributed by atoms with Crippen LogP contribution < -0.4 is 15.4 Å². The fourth-order valence-corrected chi connectivity index (χ4v) is 10.8. The highest BCUT2D eigenvalue weighted by atomic mass is 32.2. The van der Waals surface area contributed by atoms with Crippen molar-refractivity contribution in [1.82, 2.24) is 49.9 Å². The number of hydrogen-bond donors (Lipinski definition) is 4. The Morgan fingerprint density at radius 3 is 2.18 bits per heavy atom. The minimum absolute atomic E-state index is 0.00732. The summed E-state index contributed by atoms with van der Waals surface area (Å²) in [6.45, 7) is 17.6. The maximum Gasteiger partial charge on any atom is 0.318 e.